The fourth-order valence-electron chi connectivity index (χ4n) is 3.03. The first-order valence-electron chi connectivity index (χ1n) is 6.80. The molecule has 0 aliphatic heterocycles. The highest BCUT2D eigenvalue weighted by atomic mass is 16.4. The number of rotatable bonds is 3. The largest absolute Gasteiger partial charge is 0.481 e. The first-order valence-corrected chi connectivity index (χ1v) is 6.80. The predicted octanol–water partition coefficient (Wildman–Crippen LogP) is 2.05. The van der Waals surface area contributed by atoms with Gasteiger partial charge in [-0.3, -0.25) is 9.48 Å². The molecule has 5 heteroatoms. The van der Waals surface area contributed by atoms with Gasteiger partial charge in [0.1, 0.15) is 5.82 Å². The van der Waals surface area contributed by atoms with Crippen LogP contribution in [0, 0.1) is 5.92 Å². The van der Waals surface area contributed by atoms with Gasteiger partial charge in [-0.1, -0.05) is 19.3 Å². The summed E-state index contributed by atoms with van der Waals surface area (Å²) >= 11 is 0. The average Bonchev–Trinajstić information content (AvgIpc) is 3.08. The number of hydrogen-bond acceptors (Lipinski definition) is 3. The standard InChI is InChI=1S/C13H19N3O2/c1-16-12(9-7-10(9)13(17)18)14-11(15-16)8-5-3-2-4-6-8/h8-10H,2-7H2,1H3,(H,17,18). The predicted molar refractivity (Wildman–Crippen MR) is 65.3 cm³/mol. The number of carboxylic acids is 1. The van der Waals surface area contributed by atoms with Gasteiger partial charge in [0.2, 0.25) is 0 Å². The second kappa shape index (κ2) is 4.37. The Balaban J connectivity index is 1.76. The Morgan fingerprint density at radius 2 is 2.06 bits per heavy atom. The maximum absolute atomic E-state index is 10.9. The molecule has 2 fully saturated rings. The molecular weight excluding hydrogens is 230 g/mol. The molecule has 2 atom stereocenters. The first-order chi connectivity index (χ1) is 8.66. The van der Waals surface area contributed by atoms with E-state index in [1.54, 1.807) is 4.68 Å². The van der Waals surface area contributed by atoms with Crippen LogP contribution in [0.25, 0.3) is 0 Å². The lowest BCUT2D eigenvalue weighted by Crippen LogP contribution is -2.06. The van der Waals surface area contributed by atoms with E-state index in [4.69, 9.17) is 5.11 Å². The van der Waals surface area contributed by atoms with Crippen molar-refractivity contribution in [2.45, 2.75) is 50.4 Å². The molecule has 0 saturated heterocycles. The highest BCUT2D eigenvalue weighted by molar-refractivity contribution is 5.74. The molecule has 1 heterocycles. The lowest BCUT2D eigenvalue weighted by Gasteiger charge is -2.18. The third-order valence-corrected chi connectivity index (χ3v) is 4.22. The molecule has 1 aromatic rings. The van der Waals surface area contributed by atoms with Crippen LogP contribution in [0.5, 0.6) is 0 Å². The van der Waals surface area contributed by atoms with E-state index >= 15 is 0 Å². The molecule has 2 unspecified atom stereocenters. The van der Waals surface area contributed by atoms with Gasteiger partial charge in [0.05, 0.1) is 5.92 Å². The van der Waals surface area contributed by atoms with Crippen molar-refractivity contribution in [2.75, 3.05) is 0 Å². The zero-order chi connectivity index (χ0) is 12.7. The average molecular weight is 249 g/mol. The molecular formula is C13H19N3O2. The number of aliphatic carboxylic acids is 1. The molecule has 1 N–H and O–H groups in total. The van der Waals surface area contributed by atoms with Gasteiger partial charge in [-0.15, -0.1) is 0 Å². The minimum atomic E-state index is -0.706. The summed E-state index contributed by atoms with van der Waals surface area (Å²) in [4.78, 5) is 15.5. The normalized spacial score (nSPS) is 28.3. The van der Waals surface area contributed by atoms with Gasteiger partial charge in [0.15, 0.2) is 5.82 Å². The van der Waals surface area contributed by atoms with Gasteiger partial charge >= 0.3 is 5.97 Å². The van der Waals surface area contributed by atoms with Gasteiger partial charge < -0.3 is 5.11 Å². The summed E-state index contributed by atoms with van der Waals surface area (Å²) in [5, 5.41) is 13.5. The summed E-state index contributed by atoms with van der Waals surface area (Å²) in [6.07, 6.45) is 6.91. The number of aromatic nitrogens is 3. The van der Waals surface area contributed by atoms with Crippen LogP contribution in [0.2, 0.25) is 0 Å². The van der Waals surface area contributed by atoms with Crippen LogP contribution in [-0.4, -0.2) is 25.8 Å². The van der Waals surface area contributed by atoms with Crippen molar-refractivity contribution in [3.8, 4) is 0 Å². The molecule has 0 aromatic carbocycles. The molecule has 0 bridgehead atoms. The monoisotopic (exact) mass is 249 g/mol. The highest BCUT2D eigenvalue weighted by Gasteiger charge is 2.47. The lowest BCUT2D eigenvalue weighted by atomic mass is 9.89. The van der Waals surface area contributed by atoms with E-state index < -0.39 is 5.97 Å². The van der Waals surface area contributed by atoms with E-state index in [2.05, 4.69) is 10.1 Å². The quantitative estimate of drug-likeness (QED) is 0.890. The van der Waals surface area contributed by atoms with Crippen LogP contribution in [0.15, 0.2) is 0 Å². The van der Waals surface area contributed by atoms with Crippen LogP contribution in [-0.2, 0) is 11.8 Å². The number of carbonyl (C=O) groups is 1. The zero-order valence-electron chi connectivity index (χ0n) is 10.7. The molecule has 98 valence electrons. The second-order valence-corrected chi connectivity index (χ2v) is 5.57. The van der Waals surface area contributed by atoms with Crippen molar-refractivity contribution in [1.29, 1.82) is 0 Å². The minimum Gasteiger partial charge on any atom is -0.481 e. The van der Waals surface area contributed by atoms with Gasteiger partial charge in [-0.05, 0) is 19.3 Å². The molecule has 5 nitrogen and oxygen atoms in total. The number of hydrogen-bond donors (Lipinski definition) is 1. The minimum absolute atomic E-state index is 0.0809. The van der Waals surface area contributed by atoms with E-state index in [0.29, 0.717) is 12.3 Å². The Bertz CT molecular complexity index is 463. The van der Waals surface area contributed by atoms with E-state index in [1.807, 2.05) is 7.05 Å². The lowest BCUT2D eigenvalue weighted by molar-refractivity contribution is -0.138. The van der Waals surface area contributed by atoms with E-state index in [0.717, 1.165) is 11.6 Å². The maximum Gasteiger partial charge on any atom is 0.307 e. The van der Waals surface area contributed by atoms with Crippen molar-refractivity contribution < 1.29 is 9.90 Å². The molecule has 2 aliphatic rings. The molecule has 0 radical (unpaired) electrons. The third kappa shape index (κ3) is 2.02. The number of aryl methyl sites for hydroxylation is 1. The number of nitrogens with zero attached hydrogens (tertiary/aromatic N) is 3. The summed E-state index contributed by atoms with van der Waals surface area (Å²) < 4.78 is 1.79. The Morgan fingerprint density at radius 3 is 2.67 bits per heavy atom. The fourth-order valence-corrected chi connectivity index (χ4v) is 3.03. The first kappa shape index (κ1) is 11.7. The topological polar surface area (TPSA) is 68.0 Å². The van der Waals surface area contributed by atoms with Gasteiger partial charge in [-0.2, -0.15) is 5.10 Å². The van der Waals surface area contributed by atoms with Gasteiger partial charge in [-0.25, -0.2) is 4.98 Å². The molecule has 1 aromatic heterocycles. The Kier molecular flexibility index (Phi) is 2.84. The van der Waals surface area contributed by atoms with Crippen LogP contribution in [0.1, 0.15) is 62.0 Å². The fraction of sp³-hybridized carbons (Fsp3) is 0.769. The summed E-state index contributed by atoms with van der Waals surface area (Å²) in [5.41, 5.74) is 0. The molecule has 0 amide bonds. The zero-order valence-corrected chi connectivity index (χ0v) is 10.7. The van der Waals surface area contributed by atoms with Crippen molar-refractivity contribution in [2.24, 2.45) is 13.0 Å². The SMILES string of the molecule is Cn1nc(C2CCCCC2)nc1C1CC1C(=O)O. The van der Waals surface area contributed by atoms with Crippen molar-refractivity contribution in [1.82, 2.24) is 14.8 Å². The van der Waals surface area contributed by atoms with E-state index in [1.165, 1.54) is 32.1 Å². The summed E-state index contributed by atoms with van der Waals surface area (Å²) in [6.45, 7) is 0. The van der Waals surface area contributed by atoms with Crippen LogP contribution in [0.4, 0.5) is 0 Å². The van der Waals surface area contributed by atoms with Crippen LogP contribution >= 0.6 is 0 Å². The summed E-state index contributed by atoms with van der Waals surface area (Å²) in [5.74, 6) is 1.42. The highest BCUT2D eigenvalue weighted by Crippen LogP contribution is 2.47. The second-order valence-electron chi connectivity index (χ2n) is 5.57. The maximum atomic E-state index is 10.9. The van der Waals surface area contributed by atoms with Crippen LogP contribution in [0.3, 0.4) is 0 Å². The van der Waals surface area contributed by atoms with Crippen LogP contribution < -0.4 is 0 Å². The van der Waals surface area contributed by atoms with Gasteiger partial charge in [0, 0.05) is 18.9 Å². The Morgan fingerprint density at radius 1 is 1.33 bits per heavy atom. The van der Waals surface area contributed by atoms with Crippen molar-refractivity contribution in [3.63, 3.8) is 0 Å². The third-order valence-electron chi connectivity index (χ3n) is 4.22. The molecule has 18 heavy (non-hydrogen) atoms. The Labute approximate surface area is 106 Å². The molecule has 2 saturated carbocycles. The van der Waals surface area contributed by atoms with Gasteiger partial charge in [0.25, 0.3) is 0 Å². The molecule has 2 aliphatic carbocycles. The van der Waals surface area contributed by atoms with Crippen molar-refractivity contribution >= 4 is 5.97 Å². The molecule has 3 rings (SSSR count). The number of carboxylic acid groups (broad SMARTS) is 1. The van der Waals surface area contributed by atoms with E-state index in [-0.39, 0.29) is 11.8 Å². The van der Waals surface area contributed by atoms with E-state index in [9.17, 15) is 4.79 Å². The summed E-state index contributed by atoms with van der Waals surface area (Å²) in [7, 11) is 1.88. The Hall–Kier alpha value is -1.39. The van der Waals surface area contributed by atoms with Crippen molar-refractivity contribution in [3.05, 3.63) is 11.6 Å². The molecule has 0 spiro atoms. The smallest absolute Gasteiger partial charge is 0.307 e. The summed E-state index contributed by atoms with van der Waals surface area (Å²) in [6, 6.07) is 0.